The molecule has 0 unspecified atom stereocenters. The molecule has 1 aromatic carbocycles. The van der Waals surface area contributed by atoms with Crippen molar-refractivity contribution in [1.82, 2.24) is 0 Å². The van der Waals surface area contributed by atoms with Gasteiger partial charge in [0.2, 0.25) is 0 Å². The second-order valence-corrected chi connectivity index (χ2v) is 3.96. The zero-order valence-corrected chi connectivity index (χ0v) is 11.7. The molecule has 0 bridgehead atoms. The zero-order valence-electron chi connectivity index (χ0n) is 11.7. The Morgan fingerprint density at radius 2 is 1.79 bits per heavy atom. The number of nitrogen functional groups attached to an aromatic ring is 1. The third-order valence-corrected chi connectivity index (χ3v) is 2.45. The van der Waals surface area contributed by atoms with Crippen LogP contribution in [0.25, 0.3) is 0 Å². The van der Waals surface area contributed by atoms with E-state index in [0.717, 1.165) is 11.3 Å². The summed E-state index contributed by atoms with van der Waals surface area (Å²) in [6, 6.07) is 5.56. The maximum atomic E-state index is 5.76. The Kier molecular flexibility index (Phi) is 7.97. The van der Waals surface area contributed by atoms with E-state index in [9.17, 15) is 0 Å². The number of rotatable bonds is 10. The Labute approximate surface area is 114 Å². The molecule has 1 rings (SSSR count). The van der Waals surface area contributed by atoms with Crippen molar-refractivity contribution in [2.24, 2.45) is 0 Å². The van der Waals surface area contributed by atoms with Gasteiger partial charge in [0, 0.05) is 18.4 Å². The Balaban J connectivity index is 2.29. The van der Waals surface area contributed by atoms with Crippen LogP contribution in [-0.2, 0) is 20.8 Å². The molecule has 0 spiro atoms. The lowest BCUT2D eigenvalue weighted by atomic mass is 10.2. The summed E-state index contributed by atoms with van der Waals surface area (Å²) < 4.78 is 21.2. The van der Waals surface area contributed by atoms with Gasteiger partial charge in [-0.2, -0.15) is 0 Å². The van der Waals surface area contributed by atoms with Crippen molar-refractivity contribution < 1.29 is 18.9 Å². The van der Waals surface area contributed by atoms with Crippen molar-refractivity contribution >= 4 is 5.69 Å². The van der Waals surface area contributed by atoms with Crippen LogP contribution >= 0.6 is 0 Å². The van der Waals surface area contributed by atoms with E-state index in [-0.39, 0.29) is 0 Å². The quantitative estimate of drug-likeness (QED) is 0.519. The van der Waals surface area contributed by atoms with Crippen LogP contribution in [-0.4, -0.2) is 40.1 Å². The van der Waals surface area contributed by atoms with Gasteiger partial charge in [-0.25, -0.2) is 0 Å². The molecule has 0 aliphatic carbocycles. The number of hydrogen-bond donors (Lipinski definition) is 1. The van der Waals surface area contributed by atoms with E-state index < -0.39 is 0 Å². The highest BCUT2D eigenvalue weighted by molar-refractivity contribution is 5.47. The summed E-state index contributed by atoms with van der Waals surface area (Å²) in [6.07, 6.45) is 0. The highest BCUT2D eigenvalue weighted by Crippen LogP contribution is 2.22. The molecule has 19 heavy (non-hydrogen) atoms. The van der Waals surface area contributed by atoms with Crippen molar-refractivity contribution in [3.05, 3.63) is 23.8 Å². The van der Waals surface area contributed by atoms with E-state index >= 15 is 0 Å². The first kappa shape index (κ1) is 15.8. The minimum absolute atomic E-state index is 0.466. The molecule has 0 saturated carbocycles. The van der Waals surface area contributed by atoms with E-state index in [1.165, 1.54) is 0 Å². The average Bonchev–Trinajstić information content (AvgIpc) is 2.41. The van der Waals surface area contributed by atoms with Gasteiger partial charge < -0.3 is 24.7 Å². The lowest BCUT2D eigenvalue weighted by Crippen LogP contribution is -2.09. The summed E-state index contributed by atoms with van der Waals surface area (Å²) in [5, 5.41) is 0. The predicted octanol–water partition coefficient (Wildman–Crippen LogP) is 1.85. The molecule has 0 fully saturated rings. The summed E-state index contributed by atoms with van der Waals surface area (Å²) in [4.78, 5) is 0. The molecule has 0 saturated heterocycles. The van der Waals surface area contributed by atoms with Gasteiger partial charge in [-0.15, -0.1) is 0 Å². The molecular weight excluding hydrogens is 246 g/mol. The van der Waals surface area contributed by atoms with Crippen LogP contribution in [0.1, 0.15) is 12.5 Å². The number of methoxy groups -OCH3 is 1. The fourth-order valence-electron chi connectivity index (χ4n) is 1.55. The topological polar surface area (TPSA) is 62.9 Å². The molecule has 0 radical (unpaired) electrons. The molecular formula is C14H23NO4. The molecule has 2 N–H and O–H groups in total. The van der Waals surface area contributed by atoms with Crippen LogP contribution in [0, 0.1) is 0 Å². The maximum absolute atomic E-state index is 5.76. The van der Waals surface area contributed by atoms with Gasteiger partial charge in [0.25, 0.3) is 0 Å². The third kappa shape index (κ3) is 6.42. The van der Waals surface area contributed by atoms with Gasteiger partial charge in [0.05, 0.1) is 39.6 Å². The van der Waals surface area contributed by atoms with Crippen LogP contribution < -0.4 is 10.5 Å². The van der Waals surface area contributed by atoms with Crippen molar-refractivity contribution in [2.45, 2.75) is 13.5 Å². The average molecular weight is 269 g/mol. The normalized spacial score (nSPS) is 10.6. The predicted molar refractivity (Wildman–Crippen MR) is 74.4 cm³/mol. The summed E-state index contributed by atoms with van der Waals surface area (Å²) in [7, 11) is 1.65. The van der Waals surface area contributed by atoms with Crippen molar-refractivity contribution in [3.63, 3.8) is 0 Å². The Morgan fingerprint density at radius 3 is 2.53 bits per heavy atom. The largest absolute Gasteiger partial charge is 0.494 e. The first-order valence-electron chi connectivity index (χ1n) is 6.43. The van der Waals surface area contributed by atoms with Gasteiger partial charge in [-0.05, 0) is 25.1 Å². The minimum Gasteiger partial charge on any atom is -0.494 e. The molecule has 0 heterocycles. The Bertz CT molecular complexity index is 357. The summed E-state index contributed by atoms with van der Waals surface area (Å²) in [5.74, 6) is 0.817. The number of anilines is 1. The number of hydrogen-bond acceptors (Lipinski definition) is 5. The number of ether oxygens (including phenoxy) is 4. The summed E-state index contributed by atoms with van der Waals surface area (Å²) in [5.41, 5.74) is 7.42. The smallest absolute Gasteiger partial charge is 0.124 e. The minimum atomic E-state index is 0.466. The fourth-order valence-corrected chi connectivity index (χ4v) is 1.55. The lowest BCUT2D eigenvalue weighted by Gasteiger charge is -2.11. The molecule has 108 valence electrons. The molecule has 0 amide bonds. The van der Waals surface area contributed by atoms with E-state index in [1.807, 2.05) is 25.1 Å². The van der Waals surface area contributed by atoms with Crippen molar-refractivity contribution in [3.8, 4) is 5.75 Å². The first-order valence-corrected chi connectivity index (χ1v) is 6.43. The second kappa shape index (κ2) is 9.61. The van der Waals surface area contributed by atoms with E-state index in [4.69, 9.17) is 24.7 Å². The SMILES string of the molecule is CCOc1ccc(N)cc1COCCOCCOC. The first-order chi connectivity index (χ1) is 9.27. The molecule has 0 aliphatic rings. The standard InChI is InChI=1S/C14H23NO4/c1-3-19-14-5-4-13(15)10-12(14)11-18-9-8-17-7-6-16-2/h4-5,10H,3,6-9,11,15H2,1-2H3. The highest BCUT2D eigenvalue weighted by Gasteiger charge is 2.04. The van der Waals surface area contributed by atoms with Crippen LogP contribution in [0.3, 0.4) is 0 Å². The lowest BCUT2D eigenvalue weighted by molar-refractivity contribution is 0.0195. The van der Waals surface area contributed by atoms with Crippen molar-refractivity contribution in [2.75, 3.05) is 45.9 Å². The van der Waals surface area contributed by atoms with Gasteiger partial charge in [-0.1, -0.05) is 0 Å². The van der Waals surface area contributed by atoms with Gasteiger partial charge in [-0.3, -0.25) is 0 Å². The molecule has 1 aromatic rings. The third-order valence-electron chi connectivity index (χ3n) is 2.45. The van der Waals surface area contributed by atoms with E-state index in [1.54, 1.807) is 7.11 Å². The molecule has 0 atom stereocenters. The van der Waals surface area contributed by atoms with Gasteiger partial charge in [0.15, 0.2) is 0 Å². The number of nitrogens with two attached hydrogens (primary N) is 1. The molecule has 5 nitrogen and oxygen atoms in total. The summed E-state index contributed by atoms with van der Waals surface area (Å²) >= 11 is 0. The van der Waals surface area contributed by atoms with Crippen molar-refractivity contribution in [1.29, 1.82) is 0 Å². The van der Waals surface area contributed by atoms with Crippen LogP contribution in [0.4, 0.5) is 5.69 Å². The highest BCUT2D eigenvalue weighted by atomic mass is 16.5. The molecule has 5 heteroatoms. The monoisotopic (exact) mass is 269 g/mol. The van der Waals surface area contributed by atoms with Gasteiger partial charge >= 0.3 is 0 Å². The van der Waals surface area contributed by atoms with E-state index in [2.05, 4.69) is 0 Å². The van der Waals surface area contributed by atoms with Gasteiger partial charge in [0.1, 0.15) is 5.75 Å². The summed E-state index contributed by atoms with van der Waals surface area (Å²) in [6.45, 7) is 5.31. The Morgan fingerprint density at radius 1 is 1.05 bits per heavy atom. The van der Waals surface area contributed by atoms with Crippen LogP contribution in [0.15, 0.2) is 18.2 Å². The van der Waals surface area contributed by atoms with E-state index in [0.29, 0.717) is 45.3 Å². The zero-order chi connectivity index (χ0) is 13.9. The molecule has 0 aliphatic heterocycles. The molecule has 0 aromatic heterocycles. The van der Waals surface area contributed by atoms with Crippen LogP contribution in [0.2, 0.25) is 0 Å². The Hall–Kier alpha value is -1.30. The van der Waals surface area contributed by atoms with Crippen LogP contribution in [0.5, 0.6) is 5.75 Å². The number of benzene rings is 1. The maximum Gasteiger partial charge on any atom is 0.124 e. The second-order valence-electron chi connectivity index (χ2n) is 3.96. The fraction of sp³-hybridized carbons (Fsp3) is 0.571.